The number of aliphatic hydroxyl groups excluding tert-OH is 1. The third-order valence-corrected chi connectivity index (χ3v) is 2.65. The summed E-state index contributed by atoms with van der Waals surface area (Å²) in [6.45, 7) is 0. The molecule has 0 bridgehead atoms. The van der Waals surface area contributed by atoms with Crippen molar-refractivity contribution in [3.8, 4) is 0 Å². The van der Waals surface area contributed by atoms with Crippen LogP contribution >= 0.6 is 0 Å². The summed E-state index contributed by atoms with van der Waals surface area (Å²) in [6.07, 6.45) is 3.70. The van der Waals surface area contributed by atoms with Crippen LogP contribution < -0.4 is 0 Å². The van der Waals surface area contributed by atoms with E-state index in [0.29, 0.717) is 6.42 Å². The number of cyclic esters (lactones) is 1. The highest BCUT2D eigenvalue weighted by Crippen LogP contribution is 2.17. The van der Waals surface area contributed by atoms with E-state index in [1.54, 1.807) is 0 Å². The van der Waals surface area contributed by atoms with Gasteiger partial charge in [0.15, 0.2) is 5.76 Å². The molecular formula is C13H14O3. The van der Waals surface area contributed by atoms with Crippen LogP contribution in [0.2, 0.25) is 0 Å². The number of hydrogen-bond acceptors (Lipinski definition) is 3. The number of rotatable bonds is 3. The Morgan fingerprint density at radius 2 is 2.06 bits per heavy atom. The maximum atomic E-state index is 11.1. The Bertz CT molecular complexity index is 395. The fraction of sp³-hybridized carbons (Fsp3) is 0.308. The first-order valence-electron chi connectivity index (χ1n) is 5.40. The van der Waals surface area contributed by atoms with Gasteiger partial charge in [0, 0.05) is 6.42 Å². The minimum absolute atomic E-state index is 0.108. The number of aryl methyl sites for hydroxylation is 1. The fourth-order valence-corrected chi connectivity index (χ4v) is 1.74. The first-order chi connectivity index (χ1) is 7.75. The lowest BCUT2D eigenvalue weighted by molar-refractivity contribution is -0.149. The summed E-state index contributed by atoms with van der Waals surface area (Å²) >= 11 is 0. The number of aliphatic hydroxyl groups is 1. The average molecular weight is 218 g/mol. The zero-order valence-corrected chi connectivity index (χ0v) is 8.93. The van der Waals surface area contributed by atoms with E-state index in [1.165, 1.54) is 11.6 Å². The lowest BCUT2D eigenvalue weighted by Crippen LogP contribution is -2.24. The molecule has 0 amide bonds. The van der Waals surface area contributed by atoms with Crippen LogP contribution in [0.1, 0.15) is 18.4 Å². The summed E-state index contributed by atoms with van der Waals surface area (Å²) in [6, 6.07) is 10.1. The predicted molar refractivity (Wildman–Crippen MR) is 60.0 cm³/mol. The Balaban J connectivity index is 1.86. The van der Waals surface area contributed by atoms with Gasteiger partial charge in [-0.1, -0.05) is 30.3 Å². The largest absolute Gasteiger partial charge is 0.502 e. The molecule has 1 aliphatic heterocycles. The van der Waals surface area contributed by atoms with Gasteiger partial charge in [-0.2, -0.15) is 0 Å². The van der Waals surface area contributed by atoms with Crippen LogP contribution in [0.5, 0.6) is 0 Å². The summed E-state index contributed by atoms with van der Waals surface area (Å²) in [5.74, 6) is -0.875. The van der Waals surface area contributed by atoms with Gasteiger partial charge in [-0.3, -0.25) is 0 Å². The number of ether oxygens (including phenoxy) is 1. The Labute approximate surface area is 94.4 Å². The highest BCUT2D eigenvalue weighted by molar-refractivity contribution is 5.86. The third kappa shape index (κ3) is 2.63. The van der Waals surface area contributed by atoms with Gasteiger partial charge in [0.25, 0.3) is 0 Å². The van der Waals surface area contributed by atoms with Crippen LogP contribution in [-0.2, 0) is 16.0 Å². The van der Waals surface area contributed by atoms with Crippen LogP contribution in [-0.4, -0.2) is 17.2 Å². The topological polar surface area (TPSA) is 46.5 Å². The van der Waals surface area contributed by atoms with Crippen molar-refractivity contribution in [3.63, 3.8) is 0 Å². The van der Waals surface area contributed by atoms with E-state index < -0.39 is 5.97 Å². The van der Waals surface area contributed by atoms with Crippen molar-refractivity contribution in [2.75, 3.05) is 0 Å². The molecule has 0 radical (unpaired) electrons. The molecule has 1 atom stereocenters. The van der Waals surface area contributed by atoms with Gasteiger partial charge >= 0.3 is 5.97 Å². The molecule has 0 fully saturated rings. The van der Waals surface area contributed by atoms with Crippen LogP contribution in [0, 0.1) is 0 Å². The van der Waals surface area contributed by atoms with Crippen molar-refractivity contribution in [3.05, 3.63) is 47.7 Å². The highest BCUT2D eigenvalue weighted by atomic mass is 16.6. The fourth-order valence-electron chi connectivity index (χ4n) is 1.74. The molecule has 0 aliphatic carbocycles. The lowest BCUT2D eigenvalue weighted by atomic mass is 10.0. The van der Waals surface area contributed by atoms with E-state index in [1.807, 2.05) is 18.2 Å². The maximum Gasteiger partial charge on any atom is 0.373 e. The minimum Gasteiger partial charge on any atom is -0.502 e. The predicted octanol–water partition coefficient (Wildman–Crippen LogP) is 2.38. The van der Waals surface area contributed by atoms with E-state index in [0.717, 1.165) is 12.8 Å². The molecule has 1 N–H and O–H groups in total. The molecule has 0 saturated carbocycles. The zero-order chi connectivity index (χ0) is 11.4. The van der Waals surface area contributed by atoms with E-state index in [4.69, 9.17) is 9.84 Å². The highest BCUT2D eigenvalue weighted by Gasteiger charge is 2.21. The second-order valence-electron chi connectivity index (χ2n) is 3.88. The van der Waals surface area contributed by atoms with Crippen LogP contribution in [0.25, 0.3) is 0 Å². The van der Waals surface area contributed by atoms with E-state index in [-0.39, 0.29) is 11.9 Å². The van der Waals surface area contributed by atoms with Crippen molar-refractivity contribution in [2.45, 2.75) is 25.4 Å². The molecule has 1 heterocycles. The van der Waals surface area contributed by atoms with Gasteiger partial charge < -0.3 is 9.84 Å². The van der Waals surface area contributed by atoms with Crippen LogP contribution in [0.15, 0.2) is 42.2 Å². The molecule has 1 aromatic rings. The molecule has 16 heavy (non-hydrogen) atoms. The van der Waals surface area contributed by atoms with Crippen molar-refractivity contribution in [2.24, 2.45) is 0 Å². The number of carbonyl (C=O) groups is 1. The monoisotopic (exact) mass is 218 g/mol. The van der Waals surface area contributed by atoms with Gasteiger partial charge in [-0.25, -0.2) is 4.79 Å². The molecule has 0 saturated heterocycles. The second-order valence-corrected chi connectivity index (χ2v) is 3.88. The van der Waals surface area contributed by atoms with Crippen LogP contribution in [0.3, 0.4) is 0 Å². The minimum atomic E-state index is -0.607. The van der Waals surface area contributed by atoms with Gasteiger partial charge in [-0.05, 0) is 24.5 Å². The van der Waals surface area contributed by atoms with Crippen molar-refractivity contribution in [1.82, 2.24) is 0 Å². The Kier molecular flexibility index (Phi) is 3.25. The third-order valence-electron chi connectivity index (χ3n) is 2.65. The normalized spacial score (nSPS) is 20.1. The lowest BCUT2D eigenvalue weighted by Gasteiger charge is -2.19. The molecule has 1 unspecified atom stereocenters. The first kappa shape index (κ1) is 10.7. The quantitative estimate of drug-likeness (QED) is 0.792. The molecule has 2 rings (SSSR count). The number of hydrogen-bond donors (Lipinski definition) is 1. The summed E-state index contributed by atoms with van der Waals surface area (Å²) in [5, 5.41) is 9.07. The number of benzene rings is 1. The van der Waals surface area contributed by atoms with Crippen LogP contribution in [0.4, 0.5) is 0 Å². The summed E-state index contributed by atoms with van der Waals surface area (Å²) < 4.78 is 5.06. The Morgan fingerprint density at radius 3 is 2.75 bits per heavy atom. The first-order valence-corrected chi connectivity index (χ1v) is 5.40. The standard InChI is InChI=1S/C13H14O3/c14-12-9-8-11(16-13(12)15)7-6-10-4-2-1-3-5-10/h1-5,9,11,14H,6-8H2. The van der Waals surface area contributed by atoms with Gasteiger partial charge in [0.2, 0.25) is 0 Å². The maximum absolute atomic E-state index is 11.1. The Hall–Kier alpha value is -1.77. The molecule has 84 valence electrons. The van der Waals surface area contributed by atoms with Gasteiger partial charge in [-0.15, -0.1) is 0 Å². The second kappa shape index (κ2) is 4.84. The summed E-state index contributed by atoms with van der Waals surface area (Å²) in [5.41, 5.74) is 1.23. The van der Waals surface area contributed by atoms with Crippen molar-refractivity contribution in [1.29, 1.82) is 0 Å². The van der Waals surface area contributed by atoms with E-state index in [9.17, 15) is 4.79 Å². The molecule has 1 aromatic carbocycles. The molecule has 0 aromatic heterocycles. The molecule has 1 aliphatic rings. The average Bonchev–Trinajstić information content (AvgIpc) is 2.32. The van der Waals surface area contributed by atoms with Crippen molar-refractivity contribution >= 4 is 5.97 Å². The molecule has 0 spiro atoms. The van der Waals surface area contributed by atoms with E-state index >= 15 is 0 Å². The molecule has 3 heteroatoms. The van der Waals surface area contributed by atoms with E-state index in [2.05, 4.69) is 12.1 Å². The molecular weight excluding hydrogens is 204 g/mol. The summed E-state index contributed by atoms with van der Waals surface area (Å²) in [4.78, 5) is 11.1. The molecule has 3 nitrogen and oxygen atoms in total. The number of carbonyl (C=O) groups excluding carboxylic acids is 1. The Morgan fingerprint density at radius 1 is 1.31 bits per heavy atom. The SMILES string of the molecule is O=C1OC(CCc2ccccc2)CC=C1O. The smallest absolute Gasteiger partial charge is 0.373 e. The van der Waals surface area contributed by atoms with Gasteiger partial charge in [0.05, 0.1) is 0 Å². The van der Waals surface area contributed by atoms with Gasteiger partial charge in [0.1, 0.15) is 6.10 Å². The number of esters is 1. The summed E-state index contributed by atoms with van der Waals surface area (Å²) in [7, 11) is 0. The zero-order valence-electron chi connectivity index (χ0n) is 8.93. The van der Waals surface area contributed by atoms with Crippen molar-refractivity contribution < 1.29 is 14.6 Å².